The molecule has 108 valence electrons. The fourth-order valence-electron chi connectivity index (χ4n) is 2.37. The number of aryl methyl sites for hydroxylation is 1. The summed E-state index contributed by atoms with van der Waals surface area (Å²) in [6.45, 7) is 3.60. The first-order valence-corrected chi connectivity index (χ1v) is 7.29. The first-order valence-electron chi connectivity index (χ1n) is 7.29. The third-order valence-electron chi connectivity index (χ3n) is 3.49. The van der Waals surface area contributed by atoms with E-state index in [9.17, 15) is 4.79 Å². The van der Waals surface area contributed by atoms with Crippen molar-refractivity contribution in [1.82, 2.24) is 9.88 Å². The Labute approximate surface area is 120 Å². The van der Waals surface area contributed by atoms with E-state index >= 15 is 0 Å². The molecule has 0 fully saturated rings. The van der Waals surface area contributed by atoms with Crippen LogP contribution < -0.4 is 11.1 Å². The minimum Gasteiger partial charge on any atom is -0.355 e. The van der Waals surface area contributed by atoms with Gasteiger partial charge >= 0.3 is 0 Å². The van der Waals surface area contributed by atoms with E-state index in [0.29, 0.717) is 6.54 Å². The summed E-state index contributed by atoms with van der Waals surface area (Å²) in [6, 6.07) is 10.1. The molecule has 0 saturated carbocycles. The maximum absolute atomic E-state index is 11.7. The third-order valence-corrected chi connectivity index (χ3v) is 3.49. The van der Waals surface area contributed by atoms with Crippen molar-refractivity contribution in [3.8, 4) is 0 Å². The fourth-order valence-corrected chi connectivity index (χ4v) is 2.37. The molecule has 20 heavy (non-hydrogen) atoms. The summed E-state index contributed by atoms with van der Waals surface area (Å²) in [5, 5.41) is 4.15. The smallest absolute Gasteiger partial charge is 0.236 e. The molecule has 0 aliphatic carbocycles. The molecule has 4 nitrogen and oxygen atoms in total. The lowest BCUT2D eigenvalue weighted by Crippen LogP contribution is -2.40. The van der Waals surface area contributed by atoms with E-state index in [1.165, 1.54) is 10.9 Å². The molecule has 0 saturated heterocycles. The lowest BCUT2D eigenvalue weighted by atomic mass is 10.1. The number of para-hydroxylation sites is 1. The average molecular weight is 273 g/mol. The van der Waals surface area contributed by atoms with Crippen LogP contribution >= 0.6 is 0 Å². The second-order valence-corrected chi connectivity index (χ2v) is 5.11. The van der Waals surface area contributed by atoms with E-state index < -0.39 is 0 Å². The summed E-state index contributed by atoms with van der Waals surface area (Å²) in [5.41, 5.74) is 7.00. The molecule has 0 bridgehead atoms. The van der Waals surface area contributed by atoms with Crippen molar-refractivity contribution in [3.63, 3.8) is 0 Å². The molecule has 0 spiro atoms. The number of benzene rings is 1. The minimum absolute atomic E-state index is 0.0378. The predicted octanol–water partition coefficient (Wildman–Crippen LogP) is 2.28. The molecule has 1 heterocycles. The van der Waals surface area contributed by atoms with Crippen molar-refractivity contribution in [2.45, 2.75) is 38.8 Å². The molecular formula is C16H23N3O. The Kier molecular flexibility index (Phi) is 5.18. The Morgan fingerprint density at radius 2 is 2.15 bits per heavy atom. The number of nitrogens with one attached hydrogen (secondary N) is 1. The topological polar surface area (TPSA) is 60.1 Å². The van der Waals surface area contributed by atoms with Crippen LogP contribution in [0.3, 0.4) is 0 Å². The highest BCUT2D eigenvalue weighted by atomic mass is 16.2. The Morgan fingerprint density at radius 3 is 2.95 bits per heavy atom. The highest BCUT2D eigenvalue weighted by molar-refractivity contribution is 5.81. The van der Waals surface area contributed by atoms with E-state index in [-0.39, 0.29) is 11.9 Å². The largest absolute Gasteiger partial charge is 0.355 e. The van der Waals surface area contributed by atoms with Crippen molar-refractivity contribution in [2.75, 3.05) is 6.54 Å². The van der Waals surface area contributed by atoms with E-state index in [4.69, 9.17) is 5.73 Å². The van der Waals surface area contributed by atoms with E-state index in [2.05, 4.69) is 34.3 Å². The van der Waals surface area contributed by atoms with Gasteiger partial charge in [-0.15, -0.1) is 0 Å². The van der Waals surface area contributed by atoms with Crippen LogP contribution in [0.1, 0.15) is 26.2 Å². The monoisotopic (exact) mass is 273 g/mol. The Hall–Kier alpha value is -1.81. The highest BCUT2D eigenvalue weighted by Crippen LogP contribution is 2.15. The number of hydrogen-bond donors (Lipinski definition) is 2. The highest BCUT2D eigenvalue weighted by Gasteiger charge is 2.10. The first kappa shape index (κ1) is 14.6. The molecule has 3 N–H and O–H groups in total. The quantitative estimate of drug-likeness (QED) is 0.760. The van der Waals surface area contributed by atoms with Crippen molar-refractivity contribution in [3.05, 3.63) is 36.5 Å². The normalized spacial score (nSPS) is 12.5. The number of nitrogens with zero attached hydrogens (tertiary/aromatic N) is 1. The van der Waals surface area contributed by atoms with Crippen molar-refractivity contribution in [1.29, 1.82) is 0 Å². The number of carbonyl (C=O) groups is 1. The van der Waals surface area contributed by atoms with Crippen LogP contribution in [0.15, 0.2) is 36.5 Å². The molecule has 2 aromatic rings. The van der Waals surface area contributed by atoms with E-state index in [0.717, 1.165) is 25.8 Å². The number of rotatable bonds is 7. The Bertz CT molecular complexity index is 562. The Morgan fingerprint density at radius 1 is 1.35 bits per heavy atom. The number of fused-ring (bicyclic) bond motifs is 1. The molecule has 0 aliphatic heterocycles. The van der Waals surface area contributed by atoms with Crippen molar-refractivity contribution >= 4 is 16.8 Å². The molecule has 0 aliphatic rings. The van der Waals surface area contributed by atoms with Crippen molar-refractivity contribution in [2.24, 2.45) is 5.73 Å². The van der Waals surface area contributed by atoms with Gasteiger partial charge in [-0.2, -0.15) is 0 Å². The number of aromatic nitrogens is 1. The van der Waals surface area contributed by atoms with Gasteiger partial charge in [0.2, 0.25) is 5.91 Å². The summed E-state index contributed by atoms with van der Waals surface area (Å²) in [4.78, 5) is 11.7. The molecule has 1 aromatic heterocycles. The van der Waals surface area contributed by atoms with Gasteiger partial charge in [-0.3, -0.25) is 4.79 Å². The van der Waals surface area contributed by atoms with Crippen LogP contribution in [0.25, 0.3) is 10.9 Å². The van der Waals surface area contributed by atoms with Gasteiger partial charge in [0, 0.05) is 24.8 Å². The zero-order valence-corrected chi connectivity index (χ0v) is 12.0. The molecule has 1 amide bonds. The third kappa shape index (κ3) is 3.61. The van der Waals surface area contributed by atoms with Gasteiger partial charge in [0.25, 0.3) is 0 Å². The van der Waals surface area contributed by atoms with Crippen LogP contribution in [-0.4, -0.2) is 23.1 Å². The minimum atomic E-state index is -0.368. The lowest BCUT2D eigenvalue weighted by Gasteiger charge is -2.11. The van der Waals surface area contributed by atoms with E-state index in [1.54, 1.807) is 0 Å². The van der Waals surface area contributed by atoms with Gasteiger partial charge in [-0.05, 0) is 30.4 Å². The van der Waals surface area contributed by atoms with E-state index in [1.807, 2.05) is 19.1 Å². The summed E-state index contributed by atoms with van der Waals surface area (Å²) in [7, 11) is 0. The van der Waals surface area contributed by atoms with Crippen LogP contribution in [0.5, 0.6) is 0 Å². The van der Waals surface area contributed by atoms with Gasteiger partial charge in [0.1, 0.15) is 0 Å². The molecule has 1 aromatic carbocycles. The number of carbonyl (C=O) groups excluding carboxylic acids is 1. The average Bonchev–Trinajstić information content (AvgIpc) is 2.87. The molecule has 0 radical (unpaired) electrons. The molecular weight excluding hydrogens is 250 g/mol. The van der Waals surface area contributed by atoms with Gasteiger partial charge < -0.3 is 15.6 Å². The molecule has 1 atom stereocenters. The second-order valence-electron chi connectivity index (χ2n) is 5.11. The fraction of sp³-hybridized carbons (Fsp3) is 0.438. The molecule has 2 rings (SSSR count). The van der Waals surface area contributed by atoms with Gasteiger partial charge in [-0.1, -0.05) is 31.5 Å². The summed E-state index contributed by atoms with van der Waals surface area (Å²) in [5.74, 6) is -0.0378. The summed E-state index contributed by atoms with van der Waals surface area (Å²) < 4.78 is 2.22. The maximum atomic E-state index is 11.7. The van der Waals surface area contributed by atoms with Gasteiger partial charge in [-0.25, -0.2) is 0 Å². The standard InChI is InChI=1S/C16H23N3O/c1-2-6-14(17)16(20)18-10-5-11-19-12-9-13-7-3-4-8-15(13)19/h3-4,7-9,12,14H,2,5-6,10-11,17H2,1H3,(H,18,20). The lowest BCUT2D eigenvalue weighted by molar-refractivity contribution is -0.122. The Balaban J connectivity index is 1.77. The van der Waals surface area contributed by atoms with Gasteiger partial charge in [0.15, 0.2) is 0 Å². The van der Waals surface area contributed by atoms with Crippen molar-refractivity contribution < 1.29 is 4.79 Å². The summed E-state index contributed by atoms with van der Waals surface area (Å²) in [6.07, 6.45) is 4.68. The second kappa shape index (κ2) is 7.10. The maximum Gasteiger partial charge on any atom is 0.236 e. The number of nitrogens with two attached hydrogens (primary N) is 1. The number of hydrogen-bond acceptors (Lipinski definition) is 2. The zero-order valence-electron chi connectivity index (χ0n) is 12.0. The zero-order chi connectivity index (χ0) is 14.4. The SMILES string of the molecule is CCCC(N)C(=O)NCCCn1ccc2ccccc21. The van der Waals surface area contributed by atoms with Crippen LogP contribution in [-0.2, 0) is 11.3 Å². The number of amides is 1. The molecule has 1 unspecified atom stereocenters. The summed E-state index contributed by atoms with van der Waals surface area (Å²) >= 11 is 0. The van der Waals surface area contributed by atoms with Crippen LogP contribution in [0.4, 0.5) is 0 Å². The van der Waals surface area contributed by atoms with Gasteiger partial charge in [0.05, 0.1) is 6.04 Å². The molecule has 4 heteroatoms. The first-order chi connectivity index (χ1) is 9.72. The van der Waals surface area contributed by atoms with Crippen LogP contribution in [0.2, 0.25) is 0 Å². The van der Waals surface area contributed by atoms with Crippen LogP contribution in [0, 0.1) is 0 Å². The predicted molar refractivity (Wildman–Crippen MR) is 82.4 cm³/mol.